The minimum atomic E-state index is -0.761. The van der Waals surface area contributed by atoms with E-state index in [2.05, 4.69) is 19.1 Å². The third-order valence-electron chi connectivity index (χ3n) is 4.55. The number of hydrogen-bond acceptors (Lipinski definition) is 2. The quantitative estimate of drug-likeness (QED) is 0.769. The lowest BCUT2D eigenvalue weighted by Gasteiger charge is -2.29. The average molecular weight is 302 g/mol. The van der Waals surface area contributed by atoms with Gasteiger partial charge in [0.1, 0.15) is 5.75 Å². The Bertz CT molecular complexity index is 508. The second-order valence-corrected chi connectivity index (χ2v) is 6.02. The van der Waals surface area contributed by atoms with Gasteiger partial charge in [0, 0.05) is 5.57 Å². The summed E-state index contributed by atoms with van der Waals surface area (Å²) in [4.78, 5) is 11.2. The number of hydrogen-bond donors (Lipinski definition) is 1. The summed E-state index contributed by atoms with van der Waals surface area (Å²) in [6.45, 7) is 4.68. The zero-order chi connectivity index (χ0) is 15.9. The van der Waals surface area contributed by atoms with Crippen molar-refractivity contribution in [3.05, 3.63) is 41.5 Å². The van der Waals surface area contributed by atoms with Gasteiger partial charge >= 0.3 is 5.97 Å². The van der Waals surface area contributed by atoms with E-state index in [4.69, 9.17) is 4.74 Å². The van der Waals surface area contributed by atoms with E-state index in [1.165, 1.54) is 5.56 Å². The van der Waals surface area contributed by atoms with Crippen molar-refractivity contribution in [2.24, 2.45) is 5.92 Å². The van der Waals surface area contributed by atoms with Gasteiger partial charge in [0.25, 0.3) is 0 Å². The molecular weight excluding hydrogens is 276 g/mol. The topological polar surface area (TPSA) is 46.5 Å². The van der Waals surface area contributed by atoms with Crippen LogP contribution in [0, 0.1) is 5.92 Å². The Labute approximate surface area is 133 Å². The molecule has 0 radical (unpaired) electrons. The molecule has 1 fully saturated rings. The summed E-state index contributed by atoms with van der Waals surface area (Å²) in [7, 11) is 0. The molecule has 0 saturated heterocycles. The van der Waals surface area contributed by atoms with Crippen molar-refractivity contribution in [3.8, 4) is 5.75 Å². The molecule has 0 heterocycles. The van der Waals surface area contributed by atoms with Crippen molar-refractivity contribution in [3.63, 3.8) is 0 Å². The van der Waals surface area contributed by atoms with E-state index in [9.17, 15) is 9.90 Å². The molecule has 0 bridgehead atoms. The molecule has 1 aromatic rings. The average Bonchev–Trinajstić information content (AvgIpc) is 2.54. The Morgan fingerprint density at radius 3 is 2.36 bits per heavy atom. The molecular formula is C19H26O3. The lowest BCUT2D eigenvalue weighted by atomic mass is 9.76. The van der Waals surface area contributed by atoms with Gasteiger partial charge in [0.05, 0.1) is 6.61 Å². The van der Waals surface area contributed by atoms with E-state index >= 15 is 0 Å². The molecule has 3 heteroatoms. The van der Waals surface area contributed by atoms with E-state index in [0.717, 1.165) is 44.5 Å². The van der Waals surface area contributed by atoms with Gasteiger partial charge in [-0.25, -0.2) is 4.79 Å². The summed E-state index contributed by atoms with van der Waals surface area (Å²) in [5.41, 5.74) is 1.93. The number of carboxylic acid groups (broad SMARTS) is 1. The Morgan fingerprint density at radius 2 is 1.86 bits per heavy atom. The molecule has 3 nitrogen and oxygen atoms in total. The zero-order valence-electron chi connectivity index (χ0n) is 13.5. The number of aliphatic carboxylic acids is 1. The van der Waals surface area contributed by atoms with Gasteiger partial charge in [0.2, 0.25) is 0 Å². The summed E-state index contributed by atoms with van der Waals surface area (Å²) in [6, 6.07) is 8.41. The highest BCUT2D eigenvalue weighted by Crippen LogP contribution is 2.39. The lowest BCUT2D eigenvalue weighted by Crippen LogP contribution is -2.19. The summed E-state index contributed by atoms with van der Waals surface area (Å²) >= 11 is 0. The van der Waals surface area contributed by atoms with Crippen LogP contribution in [0.2, 0.25) is 0 Å². The largest absolute Gasteiger partial charge is 0.494 e. The molecule has 1 N–H and O–H groups in total. The number of carboxylic acids is 1. The second kappa shape index (κ2) is 8.02. The predicted molar refractivity (Wildman–Crippen MR) is 88.3 cm³/mol. The predicted octanol–water partition coefficient (Wildman–Crippen LogP) is 4.78. The minimum Gasteiger partial charge on any atom is -0.494 e. The maximum absolute atomic E-state index is 11.2. The van der Waals surface area contributed by atoms with E-state index in [1.807, 2.05) is 19.1 Å². The van der Waals surface area contributed by atoms with Gasteiger partial charge in [0.15, 0.2) is 0 Å². The van der Waals surface area contributed by atoms with Crippen molar-refractivity contribution in [2.75, 3.05) is 6.61 Å². The highest BCUT2D eigenvalue weighted by molar-refractivity contribution is 5.87. The number of rotatable bonds is 6. The van der Waals surface area contributed by atoms with Crippen LogP contribution in [0.4, 0.5) is 0 Å². The molecule has 0 amide bonds. The number of carbonyl (C=O) groups is 1. The Balaban J connectivity index is 1.92. The standard InChI is InChI=1S/C19H26O3/c1-3-13-22-17-11-9-15(10-12-17)14-5-7-16(8-6-14)18(4-2)19(20)21/h4,9-12,14,16H,3,5-8,13H2,1-2H3,(H,20,21). The third kappa shape index (κ3) is 4.12. The molecule has 0 aromatic heterocycles. The molecule has 1 aliphatic carbocycles. The highest BCUT2D eigenvalue weighted by Gasteiger charge is 2.27. The van der Waals surface area contributed by atoms with E-state index < -0.39 is 5.97 Å². The van der Waals surface area contributed by atoms with Crippen LogP contribution in [-0.4, -0.2) is 17.7 Å². The molecule has 1 aliphatic rings. The van der Waals surface area contributed by atoms with Gasteiger partial charge in [-0.3, -0.25) is 0 Å². The van der Waals surface area contributed by atoms with Gasteiger partial charge in [-0.1, -0.05) is 25.1 Å². The van der Waals surface area contributed by atoms with Crippen molar-refractivity contribution < 1.29 is 14.6 Å². The monoisotopic (exact) mass is 302 g/mol. The van der Waals surface area contributed by atoms with Crippen molar-refractivity contribution in [2.45, 2.75) is 51.9 Å². The van der Waals surface area contributed by atoms with Crippen molar-refractivity contribution in [1.29, 1.82) is 0 Å². The molecule has 1 saturated carbocycles. The Hall–Kier alpha value is -1.77. The third-order valence-corrected chi connectivity index (χ3v) is 4.55. The van der Waals surface area contributed by atoms with E-state index in [0.29, 0.717) is 11.5 Å². The first kappa shape index (κ1) is 16.6. The molecule has 120 valence electrons. The molecule has 0 spiro atoms. The number of benzene rings is 1. The first-order chi connectivity index (χ1) is 10.7. The van der Waals surface area contributed by atoms with Crippen LogP contribution in [0.15, 0.2) is 35.9 Å². The van der Waals surface area contributed by atoms with Crippen LogP contribution in [0.5, 0.6) is 5.75 Å². The summed E-state index contributed by atoms with van der Waals surface area (Å²) in [5, 5.41) is 9.23. The fraction of sp³-hybridized carbons (Fsp3) is 0.526. The van der Waals surface area contributed by atoms with Crippen LogP contribution >= 0.6 is 0 Å². The fourth-order valence-corrected chi connectivity index (χ4v) is 3.33. The van der Waals surface area contributed by atoms with Gasteiger partial charge in [-0.15, -0.1) is 0 Å². The molecule has 22 heavy (non-hydrogen) atoms. The molecule has 0 unspecified atom stereocenters. The molecule has 1 aromatic carbocycles. The number of ether oxygens (including phenoxy) is 1. The molecule has 2 rings (SSSR count). The summed E-state index contributed by atoms with van der Waals surface area (Å²) in [5.74, 6) is 0.930. The summed E-state index contributed by atoms with van der Waals surface area (Å²) < 4.78 is 5.61. The Morgan fingerprint density at radius 1 is 1.23 bits per heavy atom. The van der Waals surface area contributed by atoms with Crippen LogP contribution in [0.3, 0.4) is 0 Å². The van der Waals surface area contributed by atoms with E-state index in [1.54, 1.807) is 6.08 Å². The van der Waals surface area contributed by atoms with Gasteiger partial charge < -0.3 is 9.84 Å². The Kier molecular flexibility index (Phi) is 6.05. The van der Waals surface area contributed by atoms with E-state index in [-0.39, 0.29) is 5.92 Å². The highest BCUT2D eigenvalue weighted by atomic mass is 16.5. The van der Waals surface area contributed by atoms with Crippen LogP contribution in [-0.2, 0) is 4.79 Å². The molecule has 0 atom stereocenters. The summed E-state index contributed by atoms with van der Waals surface area (Å²) in [6.07, 6.45) is 6.82. The fourth-order valence-electron chi connectivity index (χ4n) is 3.33. The van der Waals surface area contributed by atoms with Crippen LogP contribution in [0.25, 0.3) is 0 Å². The normalized spacial score (nSPS) is 22.4. The van der Waals surface area contributed by atoms with Crippen molar-refractivity contribution >= 4 is 5.97 Å². The second-order valence-electron chi connectivity index (χ2n) is 6.02. The van der Waals surface area contributed by atoms with Crippen LogP contribution < -0.4 is 4.74 Å². The first-order valence-electron chi connectivity index (χ1n) is 8.28. The maximum atomic E-state index is 11.2. The molecule has 0 aliphatic heterocycles. The first-order valence-corrected chi connectivity index (χ1v) is 8.28. The van der Waals surface area contributed by atoms with Crippen molar-refractivity contribution in [1.82, 2.24) is 0 Å². The van der Waals surface area contributed by atoms with Crippen LogP contribution in [0.1, 0.15) is 57.4 Å². The lowest BCUT2D eigenvalue weighted by molar-refractivity contribution is -0.133. The minimum absolute atomic E-state index is 0.214. The van der Waals surface area contributed by atoms with Gasteiger partial charge in [-0.2, -0.15) is 0 Å². The maximum Gasteiger partial charge on any atom is 0.331 e. The van der Waals surface area contributed by atoms with Gasteiger partial charge in [-0.05, 0) is 68.6 Å². The smallest absolute Gasteiger partial charge is 0.331 e. The zero-order valence-corrected chi connectivity index (χ0v) is 13.5. The number of allylic oxidation sites excluding steroid dienone is 1. The SMILES string of the molecule is CC=C(C(=O)O)C1CCC(c2ccc(OCCC)cc2)CC1.